The molecule has 1 aromatic carbocycles. The number of benzene rings is 1. The molecule has 0 bridgehead atoms. The second-order valence-corrected chi connectivity index (χ2v) is 4.86. The van der Waals surface area contributed by atoms with Crippen molar-refractivity contribution < 1.29 is 27.9 Å². The van der Waals surface area contributed by atoms with E-state index in [1.807, 2.05) is 0 Å². The van der Waals surface area contributed by atoms with Crippen LogP contribution in [0.2, 0.25) is 0 Å². The van der Waals surface area contributed by atoms with Crippen molar-refractivity contribution in [2.24, 2.45) is 0 Å². The van der Waals surface area contributed by atoms with Gasteiger partial charge in [0.05, 0.1) is 11.4 Å². The van der Waals surface area contributed by atoms with Gasteiger partial charge in [0, 0.05) is 6.07 Å². The van der Waals surface area contributed by atoms with Crippen LogP contribution in [0.15, 0.2) is 39.8 Å². The van der Waals surface area contributed by atoms with Gasteiger partial charge in [0.25, 0.3) is 0 Å². The van der Waals surface area contributed by atoms with Crippen LogP contribution in [-0.2, 0) is 4.79 Å². The first-order valence-electron chi connectivity index (χ1n) is 5.66. The van der Waals surface area contributed by atoms with E-state index in [0.717, 1.165) is 30.0 Å². The van der Waals surface area contributed by atoms with E-state index in [2.05, 4.69) is 5.32 Å². The number of hydrogen-bond donors (Lipinski definition) is 2. The minimum Gasteiger partial charge on any atom is -0.475 e. The summed E-state index contributed by atoms with van der Waals surface area (Å²) >= 11 is 0.938. The fourth-order valence-corrected chi connectivity index (χ4v) is 2.09. The lowest BCUT2D eigenvalue weighted by molar-refractivity contribution is -0.113. The molecule has 0 aliphatic carbocycles. The predicted octanol–water partition coefficient (Wildman–Crippen LogP) is 2.99. The minimum absolute atomic E-state index is 0.136. The van der Waals surface area contributed by atoms with Crippen molar-refractivity contribution in [1.82, 2.24) is 0 Å². The summed E-state index contributed by atoms with van der Waals surface area (Å²) in [7, 11) is 0. The van der Waals surface area contributed by atoms with Crippen molar-refractivity contribution in [1.29, 1.82) is 0 Å². The Kier molecular flexibility index (Phi) is 4.59. The molecule has 5 nitrogen and oxygen atoms in total. The highest BCUT2D eigenvalue weighted by Gasteiger charge is 2.12. The van der Waals surface area contributed by atoms with Crippen LogP contribution in [0.1, 0.15) is 10.6 Å². The molecule has 0 unspecified atom stereocenters. The van der Waals surface area contributed by atoms with Crippen LogP contribution in [0, 0.1) is 11.6 Å². The van der Waals surface area contributed by atoms with Gasteiger partial charge in [0.2, 0.25) is 11.7 Å². The Balaban J connectivity index is 1.92. The van der Waals surface area contributed by atoms with Crippen molar-refractivity contribution in [3.63, 3.8) is 0 Å². The molecule has 1 amide bonds. The Hall–Kier alpha value is -2.35. The molecule has 2 rings (SSSR count). The van der Waals surface area contributed by atoms with E-state index >= 15 is 0 Å². The van der Waals surface area contributed by atoms with Gasteiger partial charge in [-0.05, 0) is 24.3 Å². The second kappa shape index (κ2) is 6.40. The van der Waals surface area contributed by atoms with Crippen LogP contribution in [0.3, 0.4) is 0 Å². The Morgan fingerprint density at radius 2 is 2.00 bits per heavy atom. The smallest absolute Gasteiger partial charge is 0.371 e. The SMILES string of the molecule is O=C(CSc1ccc(C(=O)O)o1)Nc1cc(F)ccc1F. The number of amides is 1. The van der Waals surface area contributed by atoms with Gasteiger partial charge in [-0.1, -0.05) is 11.8 Å². The Morgan fingerprint density at radius 1 is 1.24 bits per heavy atom. The predicted molar refractivity (Wildman–Crippen MR) is 71.4 cm³/mol. The maximum Gasteiger partial charge on any atom is 0.371 e. The summed E-state index contributed by atoms with van der Waals surface area (Å²) in [5, 5.41) is 11.1. The molecule has 2 N–H and O–H groups in total. The number of rotatable bonds is 5. The van der Waals surface area contributed by atoms with Crippen LogP contribution in [-0.4, -0.2) is 22.7 Å². The molecule has 1 heterocycles. The molecule has 0 radical (unpaired) electrons. The van der Waals surface area contributed by atoms with Crippen molar-refractivity contribution in [3.8, 4) is 0 Å². The second-order valence-electron chi connectivity index (χ2n) is 3.88. The van der Waals surface area contributed by atoms with Gasteiger partial charge < -0.3 is 14.8 Å². The first kappa shape index (κ1) is 15.0. The molecule has 0 aliphatic rings. The number of hydrogen-bond acceptors (Lipinski definition) is 4. The van der Waals surface area contributed by atoms with E-state index in [9.17, 15) is 18.4 Å². The number of thioether (sulfide) groups is 1. The van der Waals surface area contributed by atoms with E-state index in [1.165, 1.54) is 12.1 Å². The van der Waals surface area contributed by atoms with Crippen LogP contribution in [0.5, 0.6) is 0 Å². The normalized spacial score (nSPS) is 10.4. The zero-order valence-corrected chi connectivity index (χ0v) is 11.2. The van der Waals surface area contributed by atoms with E-state index in [-0.39, 0.29) is 22.3 Å². The lowest BCUT2D eigenvalue weighted by Crippen LogP contribution is -2.15. The van der Waals surface area contributed by atoms with Crippen molar-refractivity contribution in [3.05, 3.63) is 47.7 Å². The summed E-state index contributed by atoms with van der Waals surface area (Å²) in [6.07, 6.45) is 0. The summed E-state index contributed by atoms with van der Waals surface area (Å²) < 4.78 is 31.2. The monoisotopic (exact) mass is 313 g/mol. The third kappa shape index (κ3) is 4.06. The molecule has 0 aliphatic heterocycles. The van der Waals surface area contributed by atoms with E-state index < -0.39 is 23.5 Å². The number of furan rings is 1. The fraction of sp³-hybridized carbons (Fsp3) is 0.0769. The lowest BCUT2D eigenvalue weighted by Gasteiger charge is -2.05. The summed E-state index contributed by atoms with van der Waals surface area (Å²) in [6, 6.07) is 5.38. The number of halogens is 2. The third-order valence-electron chi connectivity index (χ3n) is 2.34. The molecule has 110 valence electrons. The average molecular weight is 313 g/mol. The lowest BCUT2D eigenvalue weighted by atomic mass is 10.3. The summed E-state index contributed by atoms with van der Waals surface area (Å²) in [4.78, 5) is 22.2. The molecule has 2 aromatic rings. The number of nitrogens with one attached hydrogen (secondary N) is 1. The van der Waals surface area contributed by atoms with Crippen LogP contribution < -0.4 is 5.32 Å². The third-order valence-corrected chi connectivity index (χ3v) is 3.25. The van der Waals surface area contributed by atoms with Gasteiger partial charge in [-0.25, -0.2) is 13.6 Å². The first-order chi connectivity index (χ1) is 9.95. The van der Waals surface area contributed by atoms with Crippen molar-refractivity contribution in [2.45, 2.75) is 5.09 Å². The van der Waals surface area contributed by atoms with E-state index in [0.29, 0.717) is 0 Å². The maximum atomic E-state index is 13.3. The Bertz CT molecular complexity index is 687. The number of aromatic carboxylic acids is 1. The molecule has 0 saturated carbocycles. The number of carbonyl (C=O) groups is 2. The molecule has 8 heteroatoms. The van der Waals surface area contributed by atoms with E-state index in [1.54, 1.807) is 0 Å². The minimum atomic E-state index is -1.21. The molecule has 1 aromatic heterocycles. The molecule has 0 atom stereocenters. The first-order valence-corrected chi connectivity index (χ1v) is 6.65. The highest BCUT2D eigenvalue weighted by atomic mass is 32.2. The quantitative estimate of drug-likeness (QED) is 0.830. The van der Waals surface area contributed by atoms with Crippen LogP contribution in [0.4, 0.5) is 14.5 Å². The number of carbonyl (C=O) groups excluding carboxylic acids is 1. The molecular weight excluding hydrogens is 304 g/mol. The molecule has 0 spiro atoms. The van der Waals surface area contributed by atoms with Gasteiger partial charge in [0.15, 0.2) is 5.09 Å². The van der Waals surface area contributed by atoms with Gasteiger partial charge in [-0.2, -0.15) is 0 Å². The van der Waals surface area contributed by atoms with Gasteiger partial charge >= 0.3 is 5.97 Å². The Labute approximate surface area is 121 Å². The standard InChI is InChI=1S/C13H9F2NO4S/c14-7-1-2-8(15)9(5-7)16-11(17)6-21-12-4-3-10(20-12)13(18)19/h1-5H,6H2,(H,16,17)(H,18,19). The molecule has 0 saturated heterocycles. The van der Waals surface area contributed by atoms with Crippen LogP contribution in [0.25, 0.3) is 0 Å². The van der Waals surface area contributed by atoms with Gasteiger partial charge in [-0.3, -0.25) is 4.79 Å². The number of carboxylic acids is 1. The number of anilines is 1. The average Bonchev–Trinajstić information content (AvgIpc) is 2.90. The van der Waals surface area contributed by atoms with Crippen LogP contribution >= 0.6 is 11.8 Å². The molecule has 0 fully saturated rings. The Morgan fingerprint density at radius 3 is 2.67 bits per heavy atom. The van der Waals surface area contributed by atoms with E-state index in [4.69, 9.17) is 9.52 Å². The zero-order valence-electron chi connectivity index (χ0n) is 10.4. The van der Waals surface area contributed by atoms with Gasteiger partial charge in [-0.15, -0.1) is 0 Å². The molecule has 21 heavy (non-hydrogen) atoms. The van der Waals surface area contributed by atoms with Crippen molar-refractivity contribution >= 4 is 29.3 Å². The molecular formula is C13H9F2NO4S. The highest BCUT2D eigenvalue weighted by molar-refractivity contribution is 7.99. The topological polar surface area (TPSA) is 79.5 Å². The largest absolute Gasteiger partial charge is 0.475 e. The summed E-state index contributed by atoms with van der Waals surface area (Å²) in [5.74, 6) is -3.58. The number of carboxylic acid groups (broad SMARTS) is 1. The fourth-order valence-electron chi connectivity index (χ4n) is 1.43. The van der Waals surface area contributed by atoms with Crippen molar-refractivity contribution in [2.75, 3.05) is 11.1 Å². The zero-order chi connectivity index (χ0) is 15.4. The maximum absolute atomic E-state index is 13.3. The summed E-state index contributed by atoms with van der Waals surface area (Å²) in [5.41, 5.74) is -0.258. The summed E-state index contributed by atoms with van der Waals surface area (Å²) in [6.45, 7) is 0. The highest BCUT2D eigenvalue weighted by Crippen LogP contribution is 2.22. The van der Waals surface area contributed by atoms with Gasteiger partial charge in [0.1, 0.15) is 11.6 Å².